The van der Waals surface area contributed by atoms with Gasteiger partial charge in [-0.1, -0.05) is 6.92 Å². The summed E-state index contributed by atoms with van der Waals surface area (Å²) < 4.78 is 5.31. The summed E-state index contributed by atoms with van der Waals surface area (Å²) in [6, 6.07) is 3.77. The fourth-order valence-electron chi connectivity index (χ4n) is 2.17. The number of carbonyl (C=O) groups excluding carboxylic acids is 1. The van der Waals surface area contributed by atoms with Crippen LogP contribution in [-0.4, -0.2) is 49.1 Å². The summed E-state index contributed by atoms with van der Waals surface area (Å²) in [5.41, 5.74) is 0. The van der Waals surface area contributed by atoms with E-state index in [1.807, 2.05) is 24.0 Å². The van der Waals surface area contributed by atoms with Gasteiger partial charge in [0.25, 0.3) is 0 Å². The van der Waals surface area contributed by atoms with E-state index in [2.05, 4.69) is 9.88 Å². The Morgan fingerprint density at radius 2 is 2.11 bits per heavy atom. The highest BCUT2D eigenvalue weighted by Gasteiger charge is 2.22. The van der Waals surface area contributed by atoms with Crippen LogP contribution in [0.4, 0.5) is 5.82 Å². The van der Waals surface area contributed by atoms with E-state index in [1.54, 1.807) is 13.3 Å². The molecule has 5 heteroatoms. The molecule has 1 fully saturated rings. The zero-order valence-electron chi connectivity index (χ0n) is 10.9. The molecule has 1 aromatic heterocycles. The van der Waals surface area contributed by atoms with Crippen LogP contribution in [0.5, 0.6) is 5.75 Å². The third-order valence-electron chi connectivity index (χ3n) is 3.21. The Hall–Kier alpha value is -1.78. The van der Waals surface area contributed by atoms with Crippen LogP contribution in [0.1, 0.15) is 13.3 Å². The fourth-order valence-corrected chi connectivity index (χ4v) is 2.17. The molecule has 0 aromatic carbocycles. The number of ether oxygens (including phenoxy) is 1. The first kappa shape index (κ1) is 12.7. The van der Waals surface area contributed by atoms with Crippen molar-refractivity contribution in [2.45, 2.75) is 13.3 Å². The molecule has 1 aliphatic rings. The zero-order chi connectivity index (χ0) is 13.0. The Morgan fingerprint density at radius 1 is 1.39 bits per heavy atom. The number of hydrogen-bond acceptors (Lipinski definition) is 4. The lowest BCUT2D eigenvalue weighted by atomic mass is 10.2. The number of pyridine rings is 1. The average molecular weight is 249 g/mol. The predicted octanol–water partition coefficient (Wildman–Crippen LogP) is 1.15. The van der Waals surface area contributed by atoms with E-state index in [-0.39, 0.29) is 5.91 Å². The van der Waals surface area contributed by atoms with Gasteiger partial charge in [0.1, 0.15) is 0 Å². The molecule has 0 aliphatic carbocycles. The zero-order valence-corrected chi connectivity index (χ0v) is 10.9. The van der Waals surface area contributed by atoms with E-state index in [0.717, 1.165) is 37.7 Å². The van der Waals surface area contributed by atoms with Crippen molar-refractivity contribution in [2.24, 2.45) is 0 Å². The number of rotatable bonds is 3. The Morgan fingerprint density at radius 3 is 2.72 bits per heavy atom. The van der Waals surface area contributed by atoms with Crippen molar-refractivity contribution in [3.8, 4) is 5.75 Å². The molecular weight excluding hydrogens is 230 g/mol. The quantitative estimate of drug-likeness (QED) is 0.806. The standard InChI is InChI=1S/C13H19N3O2/c1-3-12(17)15-7-9-16(10-8-15)13-11(18-2)5-4-6-14-13/h4-6H,3,7-10H2,1-2H3. The Bertz CT molecular complexity index is 414. The van der Waals surface area contributed by atoms with Gasteiger partial charge in [-0.3, -0.25) is 4.79 Å². The van der Waals surface area contributed by atoms with Gasteiger partial charge in [-0.15, -0.1) is 0 Å². The van der Waals surface area contributed by atoms with Crippen molar-refractivity contribution in [3.63, 3.8) is 0 Å². The summed E-state index contributed by atoms with van der Waals surface area (Å²) in [5.74, 6) is 1.87. The molecular formula is C13H19N3O2. The number of hydrogen-bond donors (Lipinski definition) is 0. The van der Waals surface area contributed by atoms with Crippen molar-refractivity contribution in [1.29, 1.82) is 0 Å². The molecule has 1 aromatic rings. The average Bonchev–Trinajstić information content (AvgIpc) is 2.46. The van der Waals surface area contributed by atoms with Gasteiger partial charge in [0.2, 0.25) is 5.91 Å². The van der Waals surface area contributed by atoms with Crippen LogP contribution in [-0.2, 0) is 4.79 Å². The number of aromatic nitrogens is 1. The second kappa shape index (κ2) is 5.71. The summed E-state index contributed by atoms with van der Waals surface area (Å²) in [5, 5.41) is 0. The first-order valence-corrected chi connectivity index (χ1v) is 6.28. The van der Waals surface area contributed by atoms with E-state index >= 15 is 0 Å². The van der Waals surface area contributed by atoms with Gasteiger partial charge in [0.05, 0.1) is 7.11 Å². The molecule has 18 heavy (non-hydrogen) atoms. The first-order chi connectivity index (χ1) is 8.76. The first-order valence-electron chi connectivity index (χ1n) is 6.28. The summed E-state index contributed by atoms with van der Waals surface area (Å²) in [6.45, 7) is 5.02. The molecule has 1 amide bonds. The Labute approximate surface area is 107 Å². The normalized spacial score (nSPS) is 15.7. The molecule has 0 unspecified atom stereocenters. The van der Waals surface area contributed by atoms with Gasteiger partial charge < -0.3 is 14.5 Å². The maximum Gasteiger partial charge on any atom is 0.222 e. The third kappa shape index (κ3) is 2.55. The van der Waals surface area contributed by atoms with Crippen LogP contribution in [0.15, 0.2) is 18.3 Å². The molecule has 1 saturated heterocycles. The largest absolute Gasteiger partial charge is 0.493 e. The second-order valence-electron chi connectivity index (χ2n) is 4.25. The minimum absolute atomic E-state index is 0.225. The maximum atomic E-state index is 11.6. The number of methoxy groups -OCH3 is 1. The minimum atomic E-state index is 0.225. The highest BCUT2D eigenvalue weighted by Crippen LogP contribution is 2.25. The third-order valence-corrected chi connectivity index (χ3v) is 3.21. The predicted molar refractivity (Wildman–Crippen MR) is 69.9 cm³/mol. The summed E-state index contributed by atoms with van der Waals surface area (Å²) in [7, 11) is 1.65. The van der Waals surface area contributed by atoms with Crippen LogP contribution in [0.25, 0.3) is 0 Å². The molecule has 0 N–H and O–H groups in total. The summed E-state index contributed by atoms with van der Waals surface area (Å²) in [6.07, 6.45) is 2.34. The van der Waals surface area contributed by atoms with Gasteiger partial charge >= 0.3 is 0 Å². The lowest BCUT2D eigenvalue weighted by molar-refractivity contribution is -0.131. The fraction of sp³-hybridized carbons (Fsp3) is 0.538. The number of anilines is 1. The molecule has 2 rings (SSSR count). The smallest absolute Gasteiger partial charge is 0.222 e. The van der Waals surface area contributed by atoms with E-state index < -0.39 is 0 Å². The van der Waals surface area contributed by atoms with Gasteiger partial charge in [-0.05, 0) is 12.1 Å². The van der Waals surface area contributed by atoms with Crippen molar-refractivity contribution < 1.29 is 9.53 Å². The van der Waals surface area contributed by atoms with Crippen LogP contribution >= 0.6 is 0 Å². The molecule has 0 spiro atoms. The summed E-state index contributed by atoms with van der Waals surface area (Å²) in [4.78, 5) is 20.0. The molecule has 5 nitrogen and oxygen atoms in total. The van der Waals surface area contributed by atoms with Crippen LogP contribution in [0.3, 0.4) is 0 Å². The summed E-state index contributed by atoms with van der Waals surface area (Å²) >= 11 is 0. The van der Waals surface area contributed by atoms with Gasteiger partial charge in [-0.25, -0.2) is 4.98 Å². The number of piperazine rings is 1. The molecule has 98 valence electrons. The number of carbonyl (C=O) groups is 1. The van der Waals surface area contributed by atoms with E-state index in [1.165, 1.54) is 0 Å². The molecule has 0 bridgehead atoms. The second-order valence-corrected chi connectivity index (χ2v) is 4.25. The maximum absolute atomic E-state index is 11.6. The topological polar surface area (TPSA) is 45.7 Å². The monoisotopic (exact) mass is 249 g/mol. The van der Waals surface area contributed by atoms with Crippen molar-refractivity contribution in [3.05, 3.63) is 18.3 Å². The van der Waals surface area contributed by atoms with Crippen LogP contribution in [0, 0.1) is 0 Å². The number of nitrogens with zero attached hydrogens (tertiary/aromatic N) is 3. The molecule has 0 radical (unpaired) electrons. The van der Waals surface area contributed by atoms with Gasteiger partial charge in [0.15, 0.2) is 11.6 Å². The van der Waals surface area contributed by atoms with Crippen LogP contribution in [0.2, 0.25) is 0 Å². The molecule has 2 heterocycles. The van der Waals surface area contributed by atoms with E-state index in [0.29, 0.717) is 6.42 Å². The van der Waals surface area contributed by atoms with E-state index in [4.69, 9.17) is 4.74 Å². The van der Waals surface area contributed by atoms with E-state index in [9.17, 15) is 4.79 Å². The highest BCUT2D eigenvalue weighted by molar-refractivity contribution is 5.76. The molecule has 1 aliphatic heterocycles. The van der Waals surface area contributed by atoms with Crippen molar-refractivity contribution >= 4 is 11.7 Å². The number of amides is 1. The highest BCUT2D eigenvalue weighted by atomic mass is 16.5. The Balaban J connectivity index is 2.03. The lowest BCUT2D eigenvalue weighted by Crippen LogP contribution is -2.48. The molecule has 0 atom stereocenters. The Kier molecular flexibility index (Phi) is 4.02. The van der Waals surface area contributed by atoms with Gasteiger partial charge in [0, 0.05) is 38.8 Å². The van der Waals surface area contributed by atoms with Crippen LogP contribution < -0.4 is 9.64 Å². The minimum Gasteiger partial charge on any atom is -0.493 e. The SMILES string of the molecule is CCC(=O)N1CCN(c2ncccc2OC)CC1. The van der Waals surface area contributed by atoms with Crippen molar-refractivity contribution in [2.75, 3.05) is 38.2 Å². The lowest BCUT2D eigenvalue weighted by Gasteiger charge is -2.35. The van der Waals surface area contributed by atoms with Gasteiger partial charge in [-0.2, -0.15) is 0 Å². The molecule has 0 saturated carbocycles. The van der Waals surface area contributed by atoms with Crippen molar-refractivity contribution in [1.82, 2.24) is 9.88 Å².